The maximum Gasteiger partial charge on any atom is 0.373 e. The Hall–Kier alpha value is -2.75. The first kappa shape index (κ1) is 24.4. The molecule has 0 spiro atoms. The lowest BCUT2D eigenvalue weighted by atomic mass is 10.1. The van der Waals surface area contributed by atoms with E-state index in [1.807, 2.05) is 41.9 Å². The Balaban J connectivity index is 1.87. The zero-order chi connectivity index (χ0) is 24.2. The Labute approximate surface area is 206 Å². The Bertz CT molecular complexity index is 1190. The Kier molecular flexibility index (Phi) is 7.65. The molecule has 4 rings (SSSR count). The molecule has 1 aliphatic heterocycles. The first-order valence-corrected chi connectivity index (χ1v) is 13.5. The van der Waals surface area contributed by atoms with Gasteiger partial charge in [-0.15, -0.1) is 11.8 Å². The van der Waals surface area contributed by atoms with Crippen molar-refractivity contribution < 1.29 is 14.1 Å². The molecule has 0 aliphatic carbocycles. The molecule has 0 bridgehead atoms. The number of hydrogen-bond donors (Lipinski definition) is 1. The number of aromatic nitrogens is 2. The molecule has 0 amide bonds. The summed E-state index contributed by atoms with van der Waals surface area (Å²) < 4.78 is 15.8. The number of aromatic carboxylic acids is 1. The average molecular weight is 497 g/mol. The van der Waals surface area contributed by atoms with Crippen LogP contribution in [0.5, 0.6) is 0 Å². The van der Waals surface area contributed by atoms with Crippen molar-refractivity contribution >= 4 is 40.1 Å². The van der Waals surface area contributed by atoms with Gasteiger partial charge in [0.15, 0.2) is 0 Å². The molecule has 0 saturated carbocycles. The van der Waals surface area contributed by atoms with Crippen LogP contribution < -0.4 is 4.90 Å². The van der Waals surface area contributed by atoms with Crippen LogP contribution in [0.1, 0.15) is 36.8 Å². The van der Waals surface area contributed by atoms with Gasteiger partial charge < -0.3 is 10.0 Å². The van der Waals surface area contributed by atoms with Gasteiger partial charge in [0.05, 0.1) is 10.6 Å². The summed E-state index contributed by atoms with van der Waals surface area (Å²) in [6, 6.07) is 14.4. The lowest BCUT2D eigenvalue weighted by molar-refractivity contribution is 0.0683. The van der Waals surface area contributed by atoms with Crippen LogP contribution in [0.15, 0.2) is 64.6 Å². The van der Waals surface area contributed by atoms with Gasteiger partial charge in [-0.2, -0.15) is 0 Å². The third-order valence-electron chi connectivity index (χ3n) is 6.04. The summed E-state index contributed by atoms with van der Waals surface area (Å²) in [5.41, 5.74) is 3.51. The number of anilines is 2. The highest BCUT2D eigenvalue weighted by Gasteiger charge is 2.32. The molecule has 1 N–H and O–H groups in total. The van der Waals surface area contributed by atoms with Crippen LogP contribution >= 0.6 is 11.8 Å². The topological polar surface area (TPSA) is 86.6 Å². The number of carboxylic acids is 1. The molecule has 178 valence electrons. The molecule has 2 atom stereocenters. The van der Waals surface area contributed by atoms with E-state index in [9.17, 15) is 9.00 Å². The Morgan fingerprint density at radius 3 is 2.53 bits per heavy atom. The number of carboxylic acid groups (broad SMARTS) is 1. The standard InChI is InChI=1S/C25H28N4O3S2/c1-4-5-9-19-16-29(18-10-7-6-8-11-18)21-13-22(33-3)20(12-23(21)34(32)28(19)2)17-14-26-24(25(30)31)27-15-17/h6-8,10-15,19H,4-5,9,16H2,1-3H3,(H,30,31). The maximum atomic E-state index is 13.8. The zero-order valence-electron chi connectivity index (χ0n) is 19.5. The second kappa shape index (κ2) is 10.7. The fourth-order valence-corrected chi connectivity index (χ4v) is 6.10. The number of rotatable bonds is 7. The highest BCUT2D eigenvalue weighted by Crippen LogP contribution is 2.42. The van der Waals surface area contributed by atoms with Crippen LogP contribution in [0.3, 0.4) is 0 Å². The molecule has 1 aromatic heterocycles. The highest BCUT2D eigenvalue weighted by atomic mass is 32.2. The van der Waals surface area contributed by atoms with E-state index in [0.717, 1.165) is 52.5 Å². The third kappa shape index (κ3) is 4.87. The summed E-state index contributed by atoms with van der Waals surface area (Å²) >= 11 is 1.58. The summed E-state index contributed by atoms with van der Waals surface area (Å²) in [6.45, 7) is 2.91. The molecular formula is C25H28N4O3S2. The van der Waals surface area contributed by atoms with Crippen molar-refractivity contribution in [2.45, 2.75) is 42.0 Å². The number of unbranched alkanes of at least 4 members (excludes halogenated alkanes) is 1. The molecule has 0 saturated heterocycles. The van der Waals surface area contributed by atoms with Crippen LogP contribution in [0.2, 0.25) is 0 Å². The predicted octanol–water partition coefficient (Wildman–Crippen LogP) is 5.23. The fourth-order valence-electron chi connectivity index (χ4n) is 4.15. The second-order valence-corrected chi connectivity index (χ2v) is 10.5. The van der Waals surface area contributed by atoms with Gasteiger partial charge in [0.2, 0.25) is 5.82 Å². The summed E-state index contributed by atoms with van der Waals surface area (Å²) in [5.74, 6) is -1.42. The van der Waals surface area contributed by atoms with E-state index >= 15 is 0 Å². The van der Waals surface area contributed by atoms with E-state index in [4.69, 9.17) is 5.11 Å². The maximum absolute atomic E-state index is 13.8. The number of carbonyl (C=O) groups is 1. The predicted molar refractivity (Wildman–Crippen MR) is 137 cm³/mol. The molecule has 3 aromatic rings. The summed E-state index contributed by atoms with van der Waals surface area (Å²) in [4.78, 5) is 23.1. The average Bonchev–Trinajstić information content (AvgIpc) is 2.97. The van der Waals surface area contributed by atoms with Crippen molar-refractivity contribution in [3.05, 3.63) is 60.7 Å². The molecule has 2 aromatic carbocycles. The SMILES string of the molecule is CCCCC1CN(c2ccccc2)c2cc(SC)c(-c3cnc(C(=O)O)nc3)cc2S(=O)N1C. The van der Waals surface area contributed by atoms with Gasteiger partial charge in [-0.1, -0.05) is 38.0 Å². The monoisotopic (exact) mass is 496 g/mol. The van der Waals surface area contributed by atoms with E-state index in [0.29, 0.717) is 5.56 Å². The van der Waals surface area contributed by atoms with Crippen molar-refractivity contribution in [2.24, 2.45) is 0 Å². The molecule has 9 heteroatoms. The minimum absolute atomic E-state index is 0.132. The highest BCUT2D eigenvalue weighted by molar-refractivity contribution is 7.98. The van der Waals surface area contributed by atoms with Gasteiger partial charge in [-0.05, 0) is 42.5 Å². The number of benzene rings is 2. The normalized spacial score (nSPS) is 18.4. The molecule has 1 aliphatic rings. The summed E-state index contributed by atoms with van der Waals surface area (Å²) in [6.07, 6.45) is 8.14. The molecule has 34 heavy (non-hydrogen) atoms. The van der Waals surface area contributed by atoms with Crippen molar-refractivity contribution in [3.8, 4) is 11.1 Å². The number of nitrogens with zero attached hydrogens (tertiary/aromatic N) is 4. The van der Waals surface area contributed by atoms with E-state index in [1.54, 1.807) is 11.8 Å². The third-order valence-corrected chi connectivity index (χ3v) is 8.34. The summed E-state index contributed by atoms with van der Waals surface area (Å²) in [5, 5.41) is 9.14. The van der Waals surface area contributed by atoms with Crippen molar-refractivity contribution in [3.63, 3.8) is 0 Å². The van der Waals surface area contributed by atoms with E-state index in [1.165, 1.54) is 12.4 Å². The van der Waals surface area contributed by atoms with Crippen LogP contribution in [-0.2, 0) is 11.0 Å². The van der Waals surface area contributed by atoms with Crippen LogP contribution in [0, 0.1) is 0 Å². The second-order valence-electron chi connectivity index (χ2n) is 8.16. The first-order valence-electron chi connectivity index (χ1n) is 11.2. The van der Waals surface area contributed by atoms with Crippen molar-refractivity contribution in [1.82, 2.24) is 14.3 Å². The molecule has 2 heterocycles. The van der Waals surface area contributed by atoms with Crippen LogP contribution in [0.4, 0.5) is 11.4 Å². The summed E-state index contributed by atoms with van der Waals surface area (Å²) in [7, 11) is 0.568. The lowest BCUT2D eigenvalue weighted by Gasteiger charge is -2.30. The largest absolute Gasteiger partial charge is 0.475 e. The van der Waals surface area contributed by atoms with Gasteiger partial charge in [-0.3, -0.25) is 0 Å². The van der Waals surface area contributed by atoms with Gasteiger partial charge >= 0.3 is 5.97 Å². The number of likely N-dealkylation sites (N-methyl/N-ethyl adjacent to an activating group) is 1. The van der Waals surface area contributed by atoms with Gasteiger partial charge in [0, 0.05) is 48.2 Å². The Morgan fingerprint density at radius 2 is 1.91 bits per heavy atom. The molecule has 7 nitrogen and oxygen atoms in total. The van der Waals surface area contributed by atoms with Crippen molar-refractivity contribution in [2.75, 3.05) is 24.7 Å². The van der Waals surface area contributed by atoms with E-state index in [2.05, 4.69) is 40.0 Å². The number of thioether (sulfide) groups is 1. The van der Waals surface area contributed by atoms with Gasteiger partial charge in [-0.25, -0.2) is 23.3 Å². The van der Waals surface area contributed by atoms with E-state index in [-0.39, 0.29) is 11.9 Å². The molecule has 0 fully saturated rings. The van der Waals surface area contributed by atoms with Crippen LogP contribution in [-0.4, -0.2) is 55.4 Å². The first-order chi connectivity index (χ1) is 16.4. The van der Waals surface area contributed by atoms with Crippen molar-refractivity contribution in [1.29, 1.82) is 0 Å². The zero-order valence-corrected chi connectivity index (χ0v) is 21.1. The minimum Gasteiger partial charge on any atom is -0.475 e. The van der Waals surface area contributed by atoms with Gasteiger partial charge in [0.1, 0.15) is 11.0 Å². The number of para-hydroxylation sites is 1. The molecule has 0 radical (unpaired) electrons. The number of fused-ring (bicyclic) bond motifs is 1. The Morgan fingerprint density at radius 1 is 1.21 bits per heavy atom. The quantitative estimate of drug-likeness (QED) is 0.448. The van der Waals surface area contributed by atoms with Crippen LogP contribution in [0.25, 0.3) is 11.1 Å². The molecular weight excluding hydrogens is 468 g/mol. The van der Waals surface area contributed by atoms with E-state index < -0.39 is 17.0 Å². The lowest BCUT2D eigenvalue weighted by Crippen LogP contribution is -2.38. The minimum atomic E-state index is -1.36. The molecule has 2 unspecified atom stereocenters. The number of hydrogen-bond acceptors (Lipinski definition) is 6. The fraction of sp³-hybridized carbons (Fsp3) is 0.320. The smallest absolute Gasteiger partial charge is 0.373 e. The van der Waals surface area contributed by atoms with Gasteiger partial charge in [0.25, 0.3) is 0 Å².